The van der Waals surface area contributed by atoms with Crippen molar-refractivity contribution < 1.29 is 13.2 Å². The van der Waals surface area contributed by atoms with E-state index >= 15 is 0 Å². The van der Waals surface area contributed by atoms with Crippen LogP contribution in [-0.2, 0) is 6.18 Å². The molecule has 2 nitrogen and oxygen atoms in total. The van der Waals surface area contributed by atoms with Crippen LogP contribution in [0.1, 0.15) is 11.1 Å². The van der Waals surface area contributed by atoms with Gasteiger partial charge in [-0.25, -0.2) is 0 Å². The molecule has 0 heterocycles. The summed E-state index contributed by atoms with van der Waals surface area (Å²) in [6.45, 7) is 0. The van der Waals surface area contributed by atoms with Crippen LogP contribution in [-0.4, -0.2) is 0 Å². The molecule has 0 aliphatic rings. The lowest BCUT2D eigenvalue weighted by Crippen LogP contribution is -2.05. The van der Waals surface area contributed by atoms with Gasteiger partial charge in [-0.05, 0) is 35.9 Å². The number of alkyl halides is 3. The van der Waals surface area contributed by atoms with Crippen molar-refractivity contribution >= 4 is 22.9 Å². The first kappa shape index (κ1) is 15.9. The van der Waals surface area contributed by atoms with Crippen LogP contribution in [0.2, 0.25) is 5.02 Å². The minimum atomic E-state index is -4.41. The van der Waals surface area contributed by atoms with E-state index < -0.39 is 11.7 Å². The number of nitrogens with one attached hydrogen (secondary N) is 1. The first-order valence-corrected chi connectivity index (χ1v) is 6.58. The molecule has 0 saturated heterocycles. The second kappa shape index (κ2) is 6.54. The van der Waals surface area contributed by atoms with E-state index in [1.807, 2.05) is 6.07 Å². The number of nitriles is 1. The molecule has 0 unspecified atom stereocenters. The second-order valence-electron chi connectivity index (χ2n) is 4.40. The molecule has 0 radical (unpaired) electrons. The maximum absolute atomic E-state index is 12.6. The van der Waals surface area contributed by atoms with E-state index in [0.717, 1.165) is 12.1 Å². The fraction of sp³-hybridized carbons (Fsp3) is 0.0625. The Morgan fingerprint density at radius 1 is 1.14 bits per heavy atom. The first-order valence-electron chi connectivity index (χ1n) is 6.20. The van der Waals surface area contributed by atoms with Gasteiger partial charge >= 0.3 is 6.18 Å². The molecule has 2 aromatic rings. The van der Waals surface area contributed by atoms with Crippen LogP contribution >= 0.6 is 11.6 Å². The van der Waals surface area contributed by atoms with Gasteiger partial charge in [-0.2, -0.15) is 18.4 Å². The smallest absolute Gasteiger partial charge is 0.360 e. The minimum Gasteiger partial charge on any atom is -0.360 e. The van der Waals surface area contributed by atoms with Crippen LogP contribution in [0.5, 0.6) is 0 Å². The zero-order valence-corrected chi connectivity index (χ0v) is 11.9. The van der Waals surface area contributed by atoms with Crippen molar-refractivity contribution in [3.8, 4) is 6.07 Å². The van der Waals surface area contributed by atoms with E-state index in [-0.39, 0.29) is 11.3 Å². The highest BCUT2D eigenvalue weighted by Gasteiger charge is 2.30. The number of anilines is 1. The number of allylic oxidation sites excluding steroid dienone is 1. The molecule has 0 saturated carbocycles. The SMILES string of the molecule is N#C/C(=C\Nc1cccc(C(F)(F)F)c1)c1ccc(Cl)cc1. The molecule has 6 heteroatoms. The number of benzene rings is 2. The van der Waals surface area contributed by atoms with Gasteiger partial charge in [-0.15, -0.1) is 0 Å². The Morgan fingerprint density at radius 2 is 1.82 bits per heavy atom. The zero-order chi connectivity index (χ0) is 16.2. The normalized spacial score (nSPS) is 11.9. The molecule has 0 bridgehead atoms. The predicted molar refractivity (Wildman–Crippen MR) is 80.1 cm³/mol. The highest BCUT2D eigenvalue weighted by molar-refractivity contribution is 6.30. The van der Waals surface area contributed by atoms with E-state index in [1.165, 1.54) is 18.3 Å². The fourth-order valence-corrected chi connectivity index (χ4v) is 1.88. The lowest BCUT2D eigenvalue weighted by Gasteiger charge is -2.09. The van der Waals surface area contributed by atoms with Gasteiger partial charge in [0.05, 0.1) is 11.1 Å². The summed E-state index contributed by atoms with van der Waals surface area (Å²) in [6, 6.07) is 13.3. The summed E-state index contributed by atoms with van der Waals surface area (Å²) < 4.78 is 37.9. The van der Waals surface area contributed by atoms with Gasteiger partial charge in [-0.1, -0.05) is 29.8 Å². The van der Waals surface area contributed by atoms with Crippen molar-refractivity contribution in [1.82, 2.24) is 0 Å². The number of hydrogen-bond acceptors (Lipinski definition) is 2. The van der Waals surface area contributed by atoms with E-state index in [4.69, 9.17) is 16.9 Å². The summed E-state index contributed by atoms with van der Waals surface area (Å²) in [5.41, 5.74) is 0.396. The monoisotopic (exact) mass is 322 g/mol. The third kappa shape index (κ3) is 4.03. The maximum atomic E-state index is 12.6. The molecule has 0 aliphatic heterocycles. The number of nitrogens with zero attached hydrogens (tertiary/aromatic N) is 1. The highest BCUT2D eigenvalue weighted by atomic mass is 35.5. The third-order valence-corrected chi connectivity index (χ3v) is 3.10. The van der Waals surface area contributed by atoms with Crippen molar-refractivity contribution in [2.24, 2.45) is 0 Å². The van der Waals surface area contributed by atoms with Crippen LogP contribution in [0.15, 0.2) is 54.7 Å². The number of hydrogen-bond donors (Lipinski definition) is 1. The van der Waals surface area contributed by atoms with Crippen LogP contribution < -0.4 is 5.32 Å². The summed E-state index contributed by atoms with van der Waals surface area (Å²) in [5, 5.41) is 12.4. The van der Waals surface area contributed by atoms with Crippen LogP contribution in [0.4, 0.5) is 18.9 Å². The van der Waals surface area contributed by atoms with Gasteiger partial charge in [0.25, 0.3) is 0 Å². The average molecular weight is 323 g/mol. The molecule has 0 fully saturated rings. The third-order valence-electron chi connectivity index (χ3n) is 2.85. The van der Waals surface area contributed by atoms with E-state index in [1.54, 1.807) is 24.3 Å². The molecule has 2 aromatic carbocycles. The predicted octanol–water partition coefficient (Wildman–Crippen LogP) is 5.34. The number of rotatable bonds is 3. The second-order valence-corrected chi connectivity index (χ2v) is 4.84. The van der Waals surface area contributed by atoms with Crippen molar-refractivity contribution in [2.45, 2.75) is 6.18 Å². The quantitative estimate of drug-likeness (QED) is 0.775. The zero-order valence-electron chi connectivity index (χ0n) is 11.2. The Bertz CT molecular complexity index is 728. The van der Waals surface area contributed by atoms with Crippen molar-refractivity contribution in [2.75, 3.05) is 5.32 Å². The molecule has 0 spiro atoms. The molecule has 1 N–H and O–H groups in total. The van der Waals surface area contributed by atoms with Gasteiger partial charge < -0.3 is 5.32 Å². The summed E-state index contributed by atoms with van der Waals surface area (Å²) >= 11 is 5.77. The van der Waals surface area contributed by atoms with Crippen molar-refractivity contribution in [3.05, 3.63) is 70.9 Å². The van der Waals surface area contributed by atoms with Crippen LogP contribution in [0.25, 0.3) is 5.57 Å². The Balaban J connectivity index is 2.23. The van der Waals surface area contributed by atoms with Gasteiger partial charge in [0.15, 0.2) is 0 Å². The van der Waals surface area contributed by atoms with E-state index in [0.29, 0.717) is 10.6 Å². The number of halogens is 4. The van der Waals surface area contributed by atoms with E-state index in [2.05, 4.69) is 5.32 Å². The largest absolute Gasteiger partial charge is 0.416 e. The van der Waals surface area contributed by atoms with Crippen molar-refractivity contribution in [1.29, 1.82) is 5.26 Å². The standard InChI is InChI=1S/C16H10ClF3N2/c17-14-6-4-11(5-7-14)12(9-21)10-22-15-3-1-2-13(8-15)16(18,19)20/h1-8,10,22H/b12-10+. The highest BCUT2D eigenvalue weighted by Crippen LogP contribution is 2.30. The van der Waals surface area contributed by atoms with E-state index in [9.17, 15) is 13.2 Å². The maximum Gasteiger partial charge on any atom is 0.416 e. The molecular weight excluding hydrogens is 313 g/mol. The van der Waals surface area contributed by atoms with Gasteiger partial charge in [0.2, 0.25) is 0 Å². The topological polar surface area (TPSA) is 35.8 Å². The summed E-state index contributed by atoms with van der Waals surface area (Å²) in [4.78, 5) is 0. The minimum absolute atomic E-state index is 0.247. The summed E-state index contributed by atoms with van der Waals surface area (Å²) in [7, 11) is 0. The Labute approximate surface area is 130 Å². The van der Waals surface area contributed by atoms with Gasteiger partial charge in [0, 0.05) is 16.9 Å². The molecule has 0 amide bonds. The fourth-order valence-electron chi connectivity index (χ4n) is 1.75. The Kier molecular flexibility index (Phi) is 4.74. The average Bonchev–Trinajstić information content (AvgIpc) is 2.49. The molecule has 0 aromatic heterocycles. The molecule has 22 heavy (non-hydrogen) atoms. The first-order chi connectivity index (χ1) is 10.4. The lowest BCUT2D eigenvalue weighted by atomic mass is 10.1. The molecule has 0 atom stereocenters. The van der Waals surface area contributed by atoms with Gasteiger partial charge in [0.1, 0.15) is 6.07 Å². The van der Waals surface area contributed by atoms with Crippen LogP contribution in [0, 0.1) is 11.3 Å². The van der Waals surface area contributed by atoms with Gasteiger partial charge in [-0.3, -0.25) is 0 Å². The van der Waals surface area contributed by atoms with Crippen LogP contribution in [0.3, 0.4) is 0 Å². The molecular formula is C16H10ClF3N2. The van der Waals surface area contributed by atoms with Crippen molar-refractivity contribution in [3.63, 3.8) is 0 Å². The molecule has 112 valence electrons. The molecule has 0 aliphatic carbocycles. The molecule has 2 rings (SSSR count). The summed E-state index contributed by atoms with van der Waals surface area (Å²) in [6.07, 6.45) is -3.05. The Hall–Kier alpha value is -2.45. The lowest BCUT2D eigenvalue weighted by molar-refractivity contribution is -0.137. The summed E-state index contributed by atoms with van der Waals surface area (Å²) in [5.74, 6) is 0. The Morgan fingerprint density at radius 3 is 2.41 bits per heavy atom.